The smallest absolute Gasteiger partial charge is 0.339 e. The van der Waals surface area contributed by atoms with Gasteiger partial charge in [-0.25, -0.2) is 0 Å². The zero-order valence-corrected chi connectivity index (χ0v) is 14.1. The fourth-order valence-corrected chi connectivity index (χ4v) is 3.30. The summed E-state index contributed by atoms with van der Waals surface area (Å²) in [5, 5.41) is 1.65. The van der Waals surface area contributed by atoms with E-state index in [2.05, 4.69) is 0 Å². The first-order valence-corrected chi connectivity index (χ1v) is 8.82. The van der Waals surface area contributed by atoms with Crippen molar-refractivity contribution in [3.05, 3.63) is 71.8 Å². The average Bonchev–Trinajstić information content (AvgIpc) is 2.54. The van der Waals surface area contributed by atoms with Gasteiger partial charge in [0, 0.05) is 5.56 Å². The first-order valence-electron chi connectivity index (χ1n) is 7.41. The summed E-state index contributed by atoms with van der Waals surface area (Å²) in [6, 6.07) is 16.7. The molecule has 3 rings (SSSR count). The first-order chi connectivity index (χ1) is 11.3. The van der Waals surface area contributed by atoms with Crippen LogP contribution in [0.1, 0.15) is 22.8 Å². The van der Waals surface area contributed by atoms with Crippen LogP contribution in [-0.2, 0) is 10.1 Å². The van der Waals surface area contributed by atoms with E-state index in [1.165, 1.54) is 19.1 Å². The summed E-state index contributed by atoms with van der Waals surface area (Å²) in [6.07, 6.45) is 0. The Morgan fingerprint density at radius 2 is 1.50 bits per heavy atom. The Labute approximate surface area is 140 Å². The molecule has 0 aliphatic carbocycles. The van der Waals surface area contributed by atoms with Crippen LogP contribution in [0.4, 0.5) is 0 Å². The number of ketones is 1. The van der Waals surface area contributed by atoms with Gasteiger partial charge in [0.1, 0.15) is 10.6 Å². The van der Waals surface area contributed by atoms with Crippen molar-refractivity contribution in [2.45, 2.75) is 18.7 Å². The molecule has 0 aliphatic rings. The van der Waals surface area contributed by atoms with Crippen LogP contribution in [0.25, 0.3) is 10.8 Å². The summed E-state index contributed by atoms with van der Waals surface area (Å²) in [7, 11) is -3.87. The second-order valence-electron chi connectivity index (χ2n) is 5.63. The maximum absolute atomic E-state index is 12.3. The molecule has 0 heterocycles. The van der Waals surface area contributed by atoms with Crippen LogP contribution in [-0.4, -0.2) is 14.2 Å². The molecule has 0 saturated carbocycles. The van der Waals surface area contributed by atoms with Gasteiger partial charge in [-0.3, -0.25) is 4.79 Å². The summed E-state index contributed by atoms with van der Waals surface area (Å²) < 4.78 is 29.9. The van der Waals surface area contributed by atoms with Crippen LogP contribution in [0, 0.1) is 6.92 Å². The number of benzene rings is 3. The summed E-state index contributed by atoms with van der Waals surface area (Å²) in [5.74, 6) is 0.220. The molecule has 0 saturated heterocycles. The first kappa shape index (κ1) is 16.2. The zero-order chi connectivity index (χ0) is 17.3. The molecule has 0 atom stereocenters. The van der Waals surface area contributed by atoms with E-state index in [1.54, 1.807) is 48.5 Å². The van der Waals surface area contributed by atoms with Gasteiger partial charge >= 0.3 is 10.1 Å². The minimum Gasteiger partial charge on any atom is -0.379 e. The average molecular weight is 340 g/mol. The number of hydrogen-bond acceptors (Lipinski definition) is 4. The van der Waals surface area contributed by atoms with Crippen molar-refractivity contribution in [1.82, 2.24) is 0 Å². The summed E-state index contributed by atoms with van der Waals surface area (Å²) in [4.78, 5) is 11.5. The third-order valence-electron chi connectivity index (χ3n) is 3.73. The molecular weight excluding hydrogens is 324 g/mol. The Kier molecular flexibility index (Phi) is 4.11. The summed E-state index contributed by atoms with van der Waals surface area (Å²) >= 11 is 0. The molecule has 122 valence electrons. The molecule has 3 aromatic rings. The molecule has 0 aliphatic heterocycles. The minimum absolute atomic E-state index is 0.0147. The molecule has 0 N–H and O–H groups in total. The van der Waals surface area contributed by atoms with Crippen LogP contribution >= 0.6 is 0 Å². The van der Waals surface area contributed by atoms with Gasteiger partial charge in [-0.05, 0) is 55.0 Å². The van der Waals surface area contributed by atoms with Crippen molar-refractivity contribution in [1.29, 1.82) is 0 Å². The van der Waals surface area contributed by atoms with Gasteiger partial charge in [0.15, 0.2) is 5.78 Å². The lowest BCUT2D eigenvalue weighted by atomic mass is 10.0. The number of rotatable bonds is 4. The highest BCUT2D eigenvalue weighted by atomic mass is 32.2. The van der Waals surface area contributed by atoms with Gasteiger partial charge in [-0.15, -0.1) is 0 Å². The largest absolute Gasteiger partial charge is 0.379 e. The van der Waals surface area contributed by atoms with Crippen LogP contribution in [0.15, 0.2) is 65.6 Å². The van der Waals surface area contributed by atoms with E-state index >= 15 is 0 Å². The van der Waals surface area contributed by atoms with Crippen LogP contribution in [0.5, 0.6) is 5.75 Å². The van der Waals surface area contributed by atoms with E-state index in [4.69, 9.17) is 4.18 Å². The molecule has 0 radical (unpaired) electrons. The predicted molar refractivity (Wildman–Crippen MR) is 92.9 cm³/mol. The molecule has 0 fully saturated rings. The lowest BCUT2D eigenvalue weighted by molar-refractivity contribution is 0.101. The summed E-state index contributed by atoms with van der Waals surface area (Å²) in [5.41, 5.74) is 1.59. The Bertz CT molecular complexity index is 1020. The predicted octanol–water partition coefficient (Wildman–Crippen LogP) is 4.12. The van der Waals surface area contributed by atoms with Crippen molar-refractivity contribution in [2.24, 2.45) is 0 Å². The number of carbonyl (C=O) groups is 1. The molecular formula is C19H16O4S. The van der Waals surface area contributed by atoms with Crippen molar-refractivity contribution in [3.63, 3.8) is 0 Å². The fourth-order valence-electron chi connectivity index (χ4n) is 2.37. The molecule has 0 spiro atoms. The van der Waals surface area contributed by atoms with Gasteiger partial charge in [0.05, 0.1) is 0 Å². The second-order valence-corrected chi connectivity index (χ2v) is 7.18. The highest BCUT2D eigenvalue weighted by Gasteiger charge is 2.16. The second kappa shape index (κ2) is 6.09. The maximum atomic E-state index is 12.3. The zero-order valence-electron chi connectivity index (χ0n) is 13.3. The van der Waals surface area contributed by atoms with E-state index in [-0.39, 0.29) is 16.4 Å². The molecule has 0 bridgehead atoms. The van der Waals surface area contributed by atoms with Crippen LogP contribution in [0.2, 0.25) is 0 Å². The molecule has 0 amide bonds. The number of Topliss-reactive ketones (excluding diaryl/α,β-unsaturated/α-hetero) is 1. The normalized spacial score (nSPS) is 11.4. The van der Waals surface area contributed by atoms with Gasteiger partial charge < -0.3 is 4.18 Å². The minimum atomic E-state index is -3.87. The standard InChI is InChI=1S/C19H16O4S/c1-13-3-9-19(10-4-13)24(21,22)23-18-8-7-16-11-15(14(2)20)5-6-17(16)12-18/h3-12H,1-2H3. The topological polar surface area (TPSA) is 60.4 Å². The van der Waals surface area contributed by atoms with E-state index < -0.39 is 10.1 Å². The highest BCUT2D eigenvalue weighted by Crippen LogP contribution is 2.25. The SMILES string of the molecule is CC(=O)c1ccc2cc(OS(=O)(=O)c3ccc(C)cc3)ccc2c1. The molecule has 0 aromatic heterocycles. The van der Waals surface area contributed by atoms with E-state index in [9.17, 15) is 13.2 Å². The van der Waals surface area contributed by atoms with E-state index in [0.29, 0.717) is 5.56 Å². The van der Waals surface area contributed by atoms with Gasteiger partial charge in [-0.2, -0.15) is 8.42 Å². The Balaban J connectivity index is 1.93. The third-order valence-corrected chi connectivity index (χ3v) is 5.00. The van der Waals surface area contributed by atoms with Crippen LogP contribution < -0.4 is 4.18 Å². The molecule has 5 heteroatoms. The Morgan fingerprint density at radius 1 is 0.875 bits per heavy atom. The lowest BCUT2D eigenvalue weighted by Crippen LogP contribution is -2.09. The number of aryl methyl sites for hydroxylation is 1. The number of fused-ring (bicyclic) bond motifs is 1. The fraction of sp³-hybridized carbons (Fsp3) is 0.105. The van der Waals surface area contributed by atoms with E-state index in [0.717, 1.165) is 16.3 Å². The third kappa shape index (κ3) is 3.31. The van der Waals surface area contributed by atoms with Gasteiger partial charge in [0.25, 0.3) is 0 Å². The van der Waals surface area contributed by atoms with Gasteiger partial charge in [0.2, 0.25) is 0 Å². The maximum Gasteiger partial charge on any atom is 0.339 e. The van der Waals surface area contributed by atoms with E-state index in [1.807, 2.05) is 6.92 Å². The summed E-state index contributed by atoms with van der Waals surface area (Å²) in [6.45, 7) is 3.39. The van der Waals surface area contributed by atoms with Crippen LogP contribution in [0.3, 0.4) is 0 Å². The molecule has 24 heavy (non-hydrogen) atoms. The van der Waals surface area contributed by atoms with Crippen molar-refractivity contribution in [2.75, 3.05) is 0 Å². The lowest BCUT2D eigenvalue weighted by Gasteiger charge is -2.08. The van der Waals surface area contributed by atoms with Crippen molar-refractivity contribution in [3.8, 4) is 5.75 Å². The molecule has 0 unspecified atom stereocenters. The number of hydrogen-bond donors (Lipinski definition) is 0. The molecule has 3 aromatic carbocycles. The quantitative estimate of drug-likeness (QED) is 0.529. The van der Waals surface area contributed by atoms with Gasteiger partial charge in [-0.1, -0.05) is 35.9 Å². The highest BCUT2D eigenvalue weighted by molar-refractivity contribution is 7.87. The monoisotopic (exact) mass is 340 g/mol. The Hall–Kier alpha value is -2.66. The molecule has 4 nitrogen and oxygen atoms in total. The number of carbonyl (C=O) groups excluding carboxylic acids is 1. The van der Waals surface area contributed by atoms with Crippen molar-refractivity contribution < 1.29 is 17.4 Å². The van der Waals surface area contributed by atoms with Crippen molar-refractivity contribution >= 4 is 26.7 Å². The Morgan fingerprint density at radius 3 is 2.17 bits per heavy atom.